The van der Waals surface area contributed by atoms with E-state index >= 15 is 0 Å². The quantitative estimate of drug-likeness (QED) is 0.621. The lowest BCUT2D eigenvalue weighted by Gasteiger charge is -2.05. The minimum absolute atomic E-state index is 0.629. The van der Waals surface area contributed by atoms with Crippen molar-refractivity contribution in [1.82, 2.24) is 0 Å². The van der Waals surface area contributed by atoms with Crippen LogP contribution in [0.4, 0.5) is 4.39 Å². The summed E-state index contributed by atoms with van der Waals surface area (Å²) < 4.78 is 13.1. The van der Waals surface area contributed by atoms with Crippen molar-refractivity contribution in [3.8, 4) is 0 Å². The van der Waals surface area contributed by atoms with Gasteiger partial charge in [-0.1, -0.05) is 43.7 Å². The highest BCUT2D eigenvalue weighted by Gasteiger charge is 2.05. The molecule has 1 aromatic carbocycles. The molecule has 1 heteroatoms. The summed E-state index contributed by atoms with van der Waals surface area (Å²) in [7, 11) is 0. The Morgan fingerprint density at radius 2 is 1.91 bits per heavy atom. The van der Waals surface area contributed by atoms with Crippen LogP contribution in [0.2, 0.25) is 0 Å². The first kappa shape index (κ1) is 8.25. The van der Waals surface area contributed by atoms with E-state index in [-0.39, 0.29) is 0 Å². The summed E-state index contributed by atoms with van der Waals surface area (Å²) in [6, 6.07) is 9.32. The molecule has 11 heavy (non-hydrogen) atoms. The minimum atomic E-state index is -0.777. The van der Waals surface area contributed by atoms with Gasteiger partial charge in [-0.05, 0) is 12.0 Å². The van der Waals surface area contributed by atoms with E-state index in [1.165, 1.54) is 0 Å². The van der Waals surface area contributed by atoms with Crippen LogP contribution in [0.1, 0.15) is 31.5 Å². The van der Waals surface area contributed by atoms with Gasteiger partial charge < -0.3 is 0 Å². The summed E-state index contributed by atoms with van der Waals surface area (Å²) in [6.07, 6.45) is 0.751. The summed E-state index contributed by atoms with van der Waals surface area (Å²) in [6.45, 7) is 2.00. The second-order valence-corrected chi connectivity index (χ2v) is 2.67. The first-order valence-corrected chi connectivity index (χ1v) is 4.03. The Labute approximate surface area is 67.1 Å². The van der Waals surface area contributed by atoms with Gasteiger partial charge in [-0.3, -0.25) is 0 Å². The molecule has 0 spiro atoms. The Morgan fingerprint density at radius 3 is 2.45 bits per heavy atom. The van der Waals surface area contributed by atoms with Crippen molar-refractivity contribution in [1.29, 1.82) is 0 Å². The number of hydrogen-bond donors (Lipinski definition) is 0. The van der Waals surface area contributed by atoms with E-state index in [1.807, 2.05) is 37.3 Å². The number of hydrogen-bond acceptors (Lipinski definition) is 0. The van der Waals surface area contributed by atoms with Gasteiger partial charge in [-0.2, -0.15) is 0 Å². The van der Waals surface area contributed by atoms with Crippen LogP contribution >= 0.6 is 0 Å². The average molecular weight is 152 g/mol. The van der Waals surface area contributed by atoms with E-state index in [0.29, 0.717) is 6.42 Å². The van der Waals surface area contributed by atoms with Gasteiger partial charge in [0.05, 0.1) is 0 Å². The zero-order valence-corrected chi connectivity index (χ0v) is 6.76. The molecule has 1 atom stereocenters. The van der Waals surface area contributed by atoms with Crippen LogP contribution in [-0.2, 0) is 0 Å². The summed E-state index contributed by atoms with van der Waals surface area (Å²) in [5.41, 5.74) is 0.800. The van der Waals surface area contributed by atoms with Crippen molar-refractivity contribution in [3.63, 3.8) is 0 Å². The normalized spacial score (nSPS) is 12.9. The van der Waals surface area contributed by atoms with Gasteiger partial charge in [-0.25, -0.2) is 4.39 Å². The molecule has 60 valence electrons. The van der Waals surface area contributed by atoms with Crippen molar-refractivity contribution in [2.75, 3.05) is 0 Å². The highest BCUT2D eigenvalue weighted by Crippen LogP contribution is 2.21. The van der Waals surface area contributed by atoms with Gasteiger partial charge in [0, 0.05) is 0 Å². The Kier molecular flexibility index (Phi) is 3.09. The number of halogens is 1. The molecule has 0 aliphatic rings. The standard InChI is InChI=1S/C10H13F/c1-2-6-10(11)9-7-4-3-5-8-9/h3-5,7-8,10H,2,6H2,1H3. The van der Waals surface area contributed by atoms with Gasteiger partial charge in [0.1, 0.15) is 6.17 Å². The molecule has 1 aromatic rings. The largest absolute Gasteiger partial charge is 0.242 e. The topological polar surface area (TPSA) is 0 Å². The maximum absolute atomic E-state index is 13.1. The zero-order chi connectivity index (χ0) is 8.10. The zero-order valence-electron chi connectivity index (χ0n) is 6.76. The van der Waals surface area contributed by atoms with Crippen LogP contribution in [-0.4, -0.2) is 0 Å². The number of rotatable bonds is 3. The third kappa shape index (κ3) is 2.34. The Bertz CT molecular complexity index is 193. The van der Waals surface area contributed by atoms with Gasteiger partial charge in [-0.15, -0.1) is 0 Å². The average Bonchev–Trinajstić information content (AvgIpc) is 2.07. The molecule has 0 heterocycles. The van der Waals surface area contributed by atoms with Crippen molar-refractivity contribution in [3.05, 3.63) is 35.9 Å². The SMILES string of the molecule is CCCC(F)c1ccccc1. The first-order chi connectivity index (χ1) is 5.34. The third-order valence-corrected chi connectivity index (χ3v) is 1.70. The van der Waals surface area contributed by atoms with Gasteiger partial charge in [0.25, 0.3) is 0 Å². The highest BCUT2D eigenvalue weighted by atomic mass is 19.1. The van der Waals surface area contributed by atoms with E-state index in [4.69, 9.17) is 0 Å². The van der Waals surface area contributed by atoms with Gasteiger partial charge >= 0.3 is 0 Å². The van der Waals surface area contributed by atoms with Crippen LogP contribution < -0.4 is 0 Å². The molecule has 0 N–H and O–H groups in total. The fourth-order valence-corrected chi connectivity index (χ4v) is 1.08. The predicted molar refractivity (Wildman–Crippen MR) is 45.2 cm³/mol. The molecular weight excluding hydrogens is 139 g/mol. The molecule has 0 aliphatic heterocycles. The molecule has 0 radical (unpaired) electrons. The summed E-state index contributed by atoms with van der Waals surface area (Å²) in [4.78, 5) is 0. The van der Waals surface area contributed by atoms with E-state index < -0.39 is 6.17 Å². The van der Waals surface area contributed by atoms with Crippen LogP contribution in [0.3, 0.4) is 0 Å². The van der Waals surface area contributed by atoms with Gasteiger partial charge in [0.2, 0.25) is 0 Å². The van der Waals surface area contributed by atoms with Crippen molar-refractivity contribution in [2.45, 2.75) is 25.9 Å². The lowest BCUT2D eigenvalue weighted by molar-refractivity contribution is 0.321. The Morgan fingerprint density at radius 1 is 1.27 bits per heavy atom. The van der Waals surface area contributed by atoms with Crippen molar-refractivity contribution in [2.24, 2.45) is 0 Å². The fraction of sp³-hybridized carbons (Fsp3) is 0.400. The summed E-state index contributed by atoms with van der Waals surface area (Å²) in [5.74, 6) is 0. The smallest absolute Gasteiger partial charge is 0.125 e. The molecule has 0 amide bonds. The maximum atomic E-state index is 13.1. The lowest BCUT2D eigenvalue weighted by Crippen LogP contribution is -1.89. The van der Waals surface area contributed by atoms with Crippen molar-refractivity contribution >= 4 is 0 Å². The summed E-state index contributed by atoms with van der Waals surface area (Å²) >= 11 is 0. The van der Waals surface area contributed by atoms with Crippen LogP contribution in [0, 0.1) is 0 Å². The second-order valence-electron chi connectivity index (χ2n) is 2.67. The molecular formula is C10H13F. The molecule has 0 saturated carbocycles. The van der Waals surface area contributed by atoms with Gasteiger partial charge in [0.15, 0.2) is 0 Å². The minimum Gasteiger partial charge on any atom is -0.242 e. The second kappa shape index (κ2) is 4.12. The van der Waals surface area contributed by atoms with Crippen LogP contribution in [0.15, 0.2) is 30.3 Å². The first-order valence-electron chi connectivity index (χ1n) is 4.03. The monoisotopic (exact) mass is 152 g/mol. The number of benzene rings is 1. The molecule has 0 saturated heterocycles. The number of alkyl halides is 1. The lowest BCUT2D eigenvalue weighted by atomic mass is 10.1. The Balaban J connectivity index is 2.61. The Hall–Kier alpha value is -0.850. The van der Waals surface area contributed by atoms with E-state index in [9.17, 15) is 4.39 Å². The summed E-state index contributed by atoms with van der Waals surface area (Å²) in [5, 5.41) is 0. The molecule has 0 aliphatic carbocycles. The molecule has 1 unspecified atom stereocenters. The van der Waals surface area contributed by atoms with Crippen LogP contribution in [0.5, 0.6) is 0 Å². The molecule has 0 bridgehead atoms. The van der Waals surface area contributed by atoms with E-state index in [0.717, 1.165) is 12.0 Å². The van der Waals surface area contributed by atoms with E-state index in [1.54, 1.807) is 0 Å². The molecule has 0 aromatic heterocycles. The molecule has 0 nitrogen and oxygen atoms in total. The third-order valence-electron chi connectivity index (χ3n) is 1.70. The van der Waals surface area contributed by atoms with Crippen LogP contribution in [0.25, 0.3) is 0 Å². The predicted octanol–water partition coefficient (Wildman–Crippen LogP) is 3.50. The molecule has 0 fully saturated rings. The molecule has 1 rings (SSSR count). The van der Waals surface area contributed by atoms with Crippen molar-refractivity contribution < 1.29 is 4.39 Å². The maximum Gasteiger partial charge on any atom is 0.125 e. The highest BCUT2D eigenvalue weighted by molar-refractivity contribution is 5.17. The fourth-order valence-electron chi connectivity index (χ4n) is 1.08. The van der Waals surface area contributed by atoms with E-state index in [2.05, 4.69) is 0 Å².